The van der Waals surface area contributed by atoms with Gasteiger partial charge in [-0.25, -0.2) is 30.9 Å². The summed E-state index contributed by atoms with van der Waals surface area (Å²) in [5.74, 6) is -0.641. The summed E-state index contributed by atoms with van der Waals surface area (Å²) in [5, 5.41) is 5.88. The molecule has 1 aromatic heterocycles. The molecule has 10 nitrogen and oxygen atoms in total. The van der Waals surface area contributed by atoms with Gasteiger partial charge in [0.2, 0.25) is 26.0 Å². The predicted octanol–water partition coefficient (Wildman–Crippen LogP) is 3.71. The third kappa shape index (κ3) is 8.18. The van der Waals surface area contributed by atoms with Crippen molar-refractivity contribution in [1.29, 1.82) is 0 Å². The second kappa shape index (κ2) is 12.4. The first-order chi connectivity index (χ1) is 17.5. The van der Waals surface area contributed by atoms with Gasteiger partial charge in [-0.1, -0.05) is 31.2 Å². The van der Waals surface area contributed by atoms with Gasteiger partial charge in [-0.05, 0) is 55.8 Å². The van der Waals surface area contributed by atoms with E-state index >= 15 is 0 Å². The van der Waals surface area contributed by atoms with Crippen molar-refractivity contribution in [3.05, 3.63) is 71.7 Å². The van der Waals surface area contributed by atoms with Crippen LogP contribution >= 0.6 is 0 Å². The Morgan fingerprint density at radius 1 is 0.892 bits per heavy atom. The molecule has 200 valence electrons. The number of anilines is 4. The van der Waals surface area contributed by atoms with Gasteiger partial charge < -0.3 is 10.6 Å². The van der Waals surface area contributed by atoms with Crippen molar-refractivity contribution in [2.45, 2.75) is 32.6 Å². The minimum Gasteiger partial charge on any atom is -0.338 e. The van der Waals surface area contributed by atoms with Crippen LogP contribution in [0.15, 0.2) is 54.7 Å². The number of hydrogen-bond donors (Lipinski definition) is 3. The maximum absolute atomic E-state index is 14.4. The average Bonchev–Trinajstić information content (AvgIpc) is 2.88. The maximum atomic E-state index is 14.4. The van der Waals surface area contributed by atoms with E-state index in [0.29, 0.717) is 29.9 Å². The first kappa shape index (κ1) is 28.4. The Morgan fingerprint density at radius 2 is 1.49 bits per heavy atom. The number of hydrogen-bond acceptors (Lipinski definition) is 8. The normalized spacial score (nSPS) is 12.0. The molecule has 3 aromatic rings. The summed E-state index contributed by atoms with van der Waals surface area (Å²) in [7, 11) is -5.33. The van der Waals surface area contributed by atoms with E-state index in [4.69, 9.17) is 0 Å². The molecule has 0 bridgehead atoms. The molecule has 0 saturated carbocycles. The zero-order valence-corrected chi connectivity index (χ0v) is 22.5. The Hall–Kier alpha value is -3.13. The molecule has 13 heteroatoms. The Balaban J connectivity index is 1.68. The second-order valence-electron chi connectivity index (χ2n) is 8.23. The zero-order valence-electron chi connectivity index (χ0n) is 20.9. The fourth-order valence-electron chi connectivity index (χ4n) is 3.40. The smallest absolute Gasteiger partial charge is 0.229 e. The Morgan fingerprint density at radius 3 is 2.05 bits per heavy atom. The number of aromatic nitrogens is 2. The molecule has 37 heavy (non-hydrogen) atoms. The summed E-state index contributed by atoms with van der Waals surface area (Å²) in [6.07, 6.45) is 1.75. The van der Waals surface area contributed by atoms with Crippen molar-refractivity contribution >= 4 is 43.2 Å². The largest absolute Gasteiger partial charge is 0.338 e. The van der Waals surface area contributed by atoms with E-state index in [1.165, 1.54) is 11.4 Å². The summed E-state index contributed by atoms with van der Waals surface area (Å²) in [6.45, 7) is 4.25. The molecule has 0 aliphatic heterocycles. The lowest BCUT2D eigenvalue weighted by Crippen LogP contribution is -2.32. The van der Waals surface area contributed by atoms with Gasteiger partial charge in [0, 0.05) is 24.5 Å². The topological polar surface area (TPSA) is 133 Å². The monoisotopic (exact) mass is 550 g/mol. The van der Waals surface area contributed by atoms with Crippen LogP contribution < -0.4 is 15.4 Å². The number of benzene rings is 2. The highest BCUT2D eigenvalue weighted by atomic mass is 32.2. The molecule has 0 fully saturated rings. The van der Waals surface area contributed by atoms with Gasteiger partial charge in [0.15, 0.2) is 11.6 Å². The molecule has 2 aromatic carbocycles. The van der Waals surface area contributed by atoms with E-state index in [-0.39, 0.29) is 29.8 Å². The van der Waals surface area contributed by atoms with Crippen LogP contribution in [0, 0.1) is 5.82 Å². The highest BCUT2D eigenvalue weighted by Gasteiger charge is 2.19. The highest BCUT2D eigenvalue weighted by Crippen LogP contribution is 2.22. The molecule has 3 N–H and O–H groups in total. The molecule has 0 aliphatic rings. The Bertz CT molecular complexity index is 1400. The van der Waals surface area contributed by atoms with Crippen LogP contribution in [-0.2, 0) is 32.3 Å². The summed E-state index contributed by atoms with van der Waals surface area (Å²) in [5.41, 5.74) is 2.59. The fraction of sp³-hybridized carbons (Fsp3) is 0.333. The molecule has 3 rings (SSSR count). The summed E-state index contributed by atoms with van der Waals surface area (Å²) in [4.78, 5) is 8.16. The lowest BCUT2D eigenvalue weighted by molar-refractivity contribution is 0.406. The second-order valence-corrected chi connectivity index (χ2v) is 12.4. The van der Waals surface area contributed by atoms with Crippen molar-refractivity contribution < 1.29 is 21.2 Å². The summed E-state index contributed by atoms with van der Waals surface area (Å²) >= 11 is 0. The zero-order chi connectivity index (χ0) is 27.1. The standard InChI is InChI=1S/C24H31FN6O4S2/c1-4-14-31(37(34,35)5-2)16-18-6-10-20(11-7-18)28-23-22(25)15-27-24(30-23)29-21-12-8-19(9-13-21)17-36(32,33)26-3/h6-13,15,26H,4-5,14,16-17H2,1-3H3,(H2,27,28,29,30). The van der Waals surface area contributed by atoms with Crippen LogP contribution in [0.4, 0.5) is 27.5 Å². The first-order valence-corrected chi connectivity index (χ1v) is 14.9. The molecule has 0 saturated heterocycles. The molecule has 0 unspecified atom stereocenters. The van der Waals surface area contributed by atoms with Gasteiger partial charge >= 0.3 is 0 Å². The van der Waals surface area contributed by atoms with Gasteiger partial charge in [0.25, 0.3) is 0 Å². The summed E-state index contributed by atoms with van der Waals surface area (Å²) in [6, 6.07) is 13.7. The average molecular weight is 551 g/mol. The number of nitrogens with zero attached hydrogens (tertiary/aromatic N) is 3. The van der Waals surface area contributed by atoms with Crippen LogP contribution in [0.1, 0.15) is 31.4 Å². The SMILES string of the molecule is CCCN(Cc1ccc(Nc2nc(Nc3ccc(CS(=O)(=O)NC)cc3)ncc2F)cc1)S(=O)(=O)CC. The van der Waals surface area contributed by atoms with E-state index in [1.54, 1.807) is 55.5 Å². The lowest BCUT2D eigenvalue weighted by Gasteiger charge is -2.21. The van der Waals surface area contributed by atoms with Gasteiger partial charge in [0.1, 0.15) is 0 Å². The van der Waals surface area contributed by atoms with Gasteiger partial charge in [-0.15, -0.1) is 0 Å². The Kier molecular flexibility index (Phi) is 9.54. The van der Waals surface area contributed by atoms with Crippen LogP contribution in [0.2, 0.25) is 0 Å². The van der Waals surface area contributed by atoms with Crippen LogP contribution in [0.3, 0.4) is 0 Å². The molecular weight excluding hydrogens is 519 g/mol. The number of nitrogens with one attached hydrogen (secondary N) is 3. The van der Waals surface area contributed by atoms with Gasteiger partial charge in [0.05, 0.1) is 17.7 Å². The summed E-state index contributed by atoms with van der Waals surface area (Å²) < 4.78 is 66.1. The minimum absolute atomic E-state index is 0.0387. The minimum atomic E-state index is -3.38. The number of halogens is 1. The van der Waals surface area contributed by atoms with Crippen molar-refractivity contribution in [2.75, 3.05) is 30.0 Å². The van der Waals surface area contributed by atoms with E-state index < -0.39 is 25.9 Å². The predicted molar refractivity (Wildman–Crippen MR) is 143 cm³/mol. The molecule has 0 atom stereocenters. The Labute approximate surface area is 217 Å². The fourth-order valence-corrected chi connectivity index (χ4v) is 5.35. The van der Waals surface area contributed by atoms with Crippen LogP contribution in [0.25, 0.3) is 0 Å². The van der Waals surface area contributed by atoms with Crippen molar-refractivity contribution in [1.82, 2.24) is 19.0 Å². The first-order valence-electron chi connectivity index (χ1n) is 11.7. The lowest BCUT2D eigenvalue weighted by atomic mass is 10.2. The van der Waals surface area contributed by atoms with Gasteiger partial charge in [-0.2, -0.15) is 9.29 Å². The maximum Gasteiger partial charge on any atom is 0.229 e. The van der Waals surface area contributed by atoms with Crippen LogP contribution in [-0.4, -0.2) is 50.5 Å². The van der Waals surface area contributed by atoms with E-state index in [9.17, 15) is 21.2 Å². The van der Waals surface area contributed by atoms with Gasteiger partial charge in [-0.3, -0.25) is 0 Å². The number of rotatable bonds is 13. The van der Waals surface area contributed by atoms with Crippen molar-refractivity contribution in [3.8, 4) is 0 Å². The number of sulfonamides is 2. The third-order valence-corrected chi connectivity index (χ3v) is 8.59. The third-order valence-electron chi connectivity index (χ3n) is 5.43. The molecule has 0 aliphatic carbocycles. The molecule has 0 spiro atoms. The van der Waals surface area contributed by atoms with Crippen molar-refractivity contribution in [3.63, 3.8) is 0 Å². The highest BCUT2D eigenvalue weighted by molar-refractivity contribution is 7.89. The molecular formula is C24H31FN6O4S2. The van der Waals surface area contributed by atoms with E-state index in [1.807, 2.05) is 6.92 Å². The molecule has 0 radical (unpaired) electrons. The molecule has 0 amide bonds. The quantitative estimate of drug-likeness (QED) is 0.293. The van der Waals surface area contributed by atoms with E-state index in [0.717, 1.165) is 11.8 Å². The molecule has 1 heterocycles. The van der Waals surface area contributed by atoms with E-state index in [2.05, 4.69) is 25.3 Å². The van der Waals surface area contributed by atoms with Crippen LogP contribution in [0.5, 0.6) is 0 Å². The van der Waals surface area contributed by atoms with Crippen molar-refractivity contribution in [2.24, 2.45) is 0 Å².